The van der Waals surface area contributed by atoms with E-state index >= 15 is 0 Å². The van der Waals surface area contributed by atoms with E-state index in [2.05, 4.69) is 4.74 Å². The zero-order chi connectivity index (χ0) is 17.0. The van der Waals surface area contributed by atoms with Gasteiger partial charge < -0.3 is 24.8 Å². The Balaban J connectivity index is 0.00000288. The van der Waals surface area contributed by atoms with Crippen molar-refractivity contribution in [1.29, 1.82) is 0 Å². The van der Waals surface area contributed by atoms with Gasteiger partial charge in [0, 0.05) is 18.7 Å². The lowest BCUT2D eigenvalue weighted by molar-refractivity contribution is -0.0526. The molecular weight excluding hydrogens is 346 g/mol. The fourth-order valence-electron chi connectivity index (χ4n) is 2.60. The summed E-state index contributed by atoms with van der Waals surface area (Å²) in [5.74, 6) is -0.140. The van der Waals surface area contributed by atoms with Crippen LogP contribution in [-0.4, -0.2) is 51.3 Å². The first-order valence-corrected chi connectivity index (χ1v) is 7.20. The van der Waals surface area contributed by atoms with Crippen LogP contribution in [0, 0.1) is 5.92 Å². The number of likely N-dealkylation sites (tertiary alicyclic amines) is 1. The standard InChI is InChI=1S/C15H20F2N2O4.ClH/c1-21-11-5-10(6-12(22-2)13(11)23-15(16)17)14(20)19-4-3-9(7-18)8-19;/h5-6,9,15H,3-4,7-8,18H2,1-2H3;1H. The van der Waals surface area contributed by atoms with Crippen LogP contribution in [0.3, 0.4) is 0 Å². The predicted octanol–water partition coefficient (Wildman–Crippen LogP) is 2.15. The second-order valence-electron chi connectivity index (χ2n) is 5.23. The first-order chi connectivity index (χ1) is 11.0. The van der Waals surface area contributed by atoms with Gasteiger partial charge in [0.05, 0.1) is 14.2 Å². The molecule has 0 radical (unpaired) electrons. The fourth-order valence-corrected chi connectivity index (χ4v) is 2.60. The van der Waals surface area contributed by atoms with Crippen molar-refractivity contribution in [3.8, 4) is 17.2 Å². The quantitative estimate of drug-likeness (QED) is 0.835. The van der Waals surface area contributed by atoms with E-state index in [9.17, 15) is 13.6 Å². The number of hydrogen-bond donors (Lipinski definition) is 1. The molecule has 1 fully saturated rings. The van der Waals surface area contributed by atoms with Gasteiger partial charge in [-0.05, 0) is 31.0 Å². The lowest BCUT2D eigenvalue weighted by Gasteiger charge is -2.19. The zero-order valence-electron chi connectivity index (χ0n) is 13.5. The van der Waals surface area contributed by atoms with Gasteiger partial charge in [-0.1, -0.05) is 0 Å². The highest BCUT2D eigenvalue weighted by Crippen LogP contribution is 2.40. The average Bonchev–Trinajstić information content (AvgIpc) is 3.02. The number of nitrogens with zero attached hydrogens (tertiary/aromatic N) is 1. The van der Waals surface area contributed by atoms with Crippen LogP contribution in [0.1, 0.15) is 16.8 Å². The fraction of sp³-hybridized carbons (Fsp3) is 0.533. The van der Waals surface area contributed by atoms with Crippen LogP contribution >= 0.6 is 12.4 Å². The van der Waals surface area contributed by atoms with E-state index in [-0.39, 0.29) is 47.0 Å². The number of amides is 1. The molecule has 1 saturated heterocycles. The summed E-state index contributed by atoms with van der Waals surface area (Å²) >= 11 is 0. The van der Waals surface area contributed by atoms with E-state index in [4.69, 9.17) is 15.2 Å². The molecule has 1 aliphatic rings. The number of methoxy groups -OCH3 is 2. The molecule has 1 amide bonds. The van der Waals surface area contributed by atoms with Gasteiger partial charge in [-0.25, -0.2) is 0 Å². The topological polar surface area (TPSA) is 74.0 Å². The zero-order valence-corrected chi connectivity index (χ0v) is 14.3. The Labute approximate surface area is 145 Å². The van der Waals surface area contributed by atoms with Crippen molar-refractivity contribution in [3.05, 3.63) is 17.7 Å². The molecule has 1 aromatic carbocycles. The van der Waals surface area contributed by atoms with Crippen LogP contribution in [-0.2, 0) is 0 Å². The number of benzene rings is 1. The molecule has 24 heavy (non-hydrogen) atoms. The number of rotatable bonds is 6. The average molecular weight is 367 g/mol. The summed E-state index contributed by atoms with van der Waals surface area (Å²) in [6.07, 6.45) is 0.850. The van der Waals surface area contributed by atoms with Crippen LogP contribution < -0.4 is 19.9 Å². The highest BCUT2D eigenvalue weighted by atomic mass is 35.5. The molecule has 9 heteroatoms. The molecule has 0 aliphatic carbocycles. The number of hydrogen-bond acceptors (Lipinski definition) is 5. The van der Waals surface area contributed by atoms with Crippen molar-refractivity contribution >= 4 is 18.3 Å². The Kier molecular flexibility index (Phi) is 7.50. The predicted molar refractivity (Wildman–Crippen MR) is 86.5 cm³/mol. The maximum Gasteiger partial charge on any atom is 0.387 e. The number of nitrogens with two attached hydrogens (primary N) is 1. The molecule has 0 saturated carbocycles. The number of ether oxygens (including phenoxy) is 3. The second-order valence-corrected chi connectivity index (χ2v) is 5.23. The first-order valence-electron chi connectivity index (χ1n) is 7.20. The monoisotopic (exact) mass is 366 g/mol. The van der Waals surface area contributed by atoms with Crippen molar-refractivity contribution in [2.75, 3.05) is 33.9 Å². The molecule has 0 bridgehead atoms. The largest absolute Gasteiger partial charge is 0.493 e. The van der Waals surface area contributed by atoms with E-state index in [1.165, 1.54) is 26.4 Å². The Morgan fingerprint density at radius 2 is 1.92 bits per heavy atom. The van der Waals surface area contributed by atoms with Gasteiger partial charge in [-0.3, -0.25) is 4.79 Å². The van der Waals surface area contributed by atoms with E-state index in [0.717, 1.165) is 6.42 Å². The molecule has 1 aliphatic heterocycles. The van der Waals surface area contributed by atoms with Crippen molar-refractivity contribution in [1.82, 2.24) is 4.90 Å². The smallest absolute Gasteiger partial charge is 0.387 e. The number of carbonyl (C=O) groups excluding carboxylic acids is 1. The highest BCUT2D eigenvalue weighted by Gasteiger charge is 2.28. The molecule has 1 atom stereocenters. The third-order valence-corrected chi connectivity index (χ3v) is 3.82. The lowest BCUT2D eigenvalue weighted by atomic mass is 10.1. The molecule has 0 aromatic heterocycles. The van der Waals surface area contributed by atoms with Gasteiger partial charge in [0.1, 0.15) is 0 Å². The summed E-state index contributed by atoms with van der Waals surface area (Å²) in [4.78, 5) is 14.2. The van der Waals surface area contributed by atoms with Crippen LogP contribution in [0.5, 0.6) is 17.2 Å². The van der Waals surface area contributed by atoms with E-state index < -0.39 is 6.61 Å². The maximum absolute atomic E-state index is 12.6. The van der Waals surface area contributed by atoms with E-state index in [1.807, 2.05) is 0 Å². The summed E-state index contributed by atoms with van der Waals surface area (Å²) in [6.45, 7) is -1.31. The Morgan fingerprint density at radius 3 is 2.33 bits per heavy atom. The van der Waals surface area contributed by atoms with Crippen molar-refractivity contribution in [2.24, 2.45) is 11.7 Å². The third-order valence-electron chi connectivity index (χ3n) is 3.82. The van der Waals surface area contributed by atoms with Crippen LogP contribution in [0.15, 0.2) is 12.1 Å². The van der Waals surface area contributed by atoms with Gasteiger partial charge in [0.15, 0.2) is 11.5 Å². The van der Waals surface area contributed by atoms with Crippen molar-refractivity contribution in [2.45, 2.75) is 13.0 Å². The Morgan fingerprint density at radius 1 is 1.33 bits per heavy atom. The molecule has 1 heterocycles. The summed E-state index contributed by atoms with van der Waals surface area (Å²) < 4.78 is 39.6. The van der Waals surface area contributed by atoms with E-state index in [1.54, 1.807) is 4.90 Å². The van der Waals surface area contributed by atoms with Crippen LogP contribution in [0.25, 0.3) is 0 Å². The van der Waals surface area contributed by atoms with Crippen molar-refractivity contribution in [3.63, 3.8) is 0 Å². The van der Waals surface area contributed by atoms with Crippen molar-refractivity contribution < 1.29 is 27.8 Å². The SMILES string of the molecule is COc1cc(C(=O)N2CCC(CN)C2)cc(OC)c1OC(F)F.Cl. The molecule has 6 nitrogen and oxygen atoms in total. The summed E-state index contributed by atoms with van der Waals surface area (Å²) in [5.41, 5.74) is 5.92. The second kappa shape index (κ2) is 8.89. The van der Waals surface area contributed by atoms with E-state index in [0.29, 0.717) is 19.6 Å². The van der Waals surface area contributed by atoms with Gasteiger partial charge >= 0.3 is 6.61 Å². The van der Waals surface area contributed by atoms with Gasteiger partial charge in [-0.2, -0.15) is 8.78 Å². The minimum absolute atomic E-state index is 0. The first kappa shape index (κ1) is 20.2. The summed E-state index contributed by atoms with van der Waals surface area (Å²) in [5, 5.41) is 0. The molecule has 2 rings (SSSR count). The molecule has 0 spiro atoms. The van der Waals surface area contributed by atoms with Crippen LogP contribution in [0.2, 0.25) is 0 Å². The van der Waals surface area contributed by atoms with Gasteiger partial charge in [-0.15, -0.1) is 12.4 Å². The third kappa shape index (κ3) is 4.39. The number of carbonyl (C=O) groups is 1. The lowest BCUT2D eigenvalue weighted by Crippen LogP contribution is -2.29. The van der Waals surface area contributed by atoms with Gasteiger partial charge in [0.25, 0.3) is 5.91 Å². The number of halogens is 3. The Bertz CT molecular complexity index is 549. The summed E-state index contributed by atoms with van der Waals surface area (Å²) in [6, 6.07) is 2.75. The molecule has 1 aromatic rings. The summed E-state index contributed by atoms with van der Waals surface area (Å²) in [7, 11) is 2.61. The highest BCUT2D eigenvalue weighted by molar-refractivity contribution is 5.95. The molecular formula is C15H21ClF2N2O4. The minimum atomic E-state index is -3.02. The normalized spacial score (nSPS) is 16.8. The van der Waals surface area contributed by atoms with Gasteiger partial charge in [0.2, 0.25) is 5.75 Å². The minimum Gasteiger partial charge on any atom is -0.493 e. The Hall–Kier alpha value is -1.80. The molecule has 1 unspecified atom stereocenters. The number of alkyl halides is 2. The molecule has 136 valence electrons. The molecule has 2 N–H and O–H groups in total. The van der Waals surface area contributed by atoms with Crippen LogP contribution in [0.4, 0.5) is 8.78 Å². The maximum atomic E-state index is 12.6.